The fourth-order valence-corrected chi connectivity index (χ4v) is 3.81. The van der Waals surface area contributed by atoms with Crippen LogP contribution in [0.15, 0.2) is 42.5 Å². The Morgan fingerprint density at radius 3 is 2.58 bits per heavy atom. The van der Waals surface area contributed by atoms with E-state index in [0.717, 1.165) is 22.3 Å². The molecular weight excluding hydrogens is 389 g/mol. The van der Waals surface area contributed by atoms with Crippen LogP contribution < -0.4 is 4.90 Å². The number of nitrogens with zero attached hydrogens (tertiary/aromatic N) is 3. The lowest BCUT2D eigenvalue weighted by atomic mass is 10.1. The number of carbonyl (C=O) groups excluding carboxylic acids is 1. The van der Waals surface area contributed by atoms with Gasteiger partial charge in [0.2, 0.25) is 0 Å². The molecule has 3 aromatic rings. The fraction of sp³-hybridized carbons (Fsp3) is 0.263. The maximum atomic E-state index is 13.2. The Morgan fingerprint density at radius 2 is 1.88 bits per heavy atom. The number of hydrogen-bond donors (Lipinski definition) is 0. The van der Waals surface area contributed by atoms with Crippen LogP contribution in [0.25, 0.3) is 10.2 Å². The van der Waals surface area contributed by atoms with Gasteiger partial charge >= 0.3 is 0 Å². The molecule has 1 heterocycles. The molecule has 0 aliphatic carbocycles. The number of hydrogen-bond acceptors (Lipinski definition) is 4. The summed E-state index contributed by atoms with van der Waals surface area (Å²) in [5, 5.41) is 1.38. The summed E-state index contributed by atoms with van der Waals surface area (Å²) in [5.41, 5.74) is 2.53. The first-order chi connectivity index (χ1) is 12.0. The third-order valence-electron chi connectivity index (χ3n) is 3.96. The minimum absolute atomic E-state index is 0. The monoisotopic (exact) mass is 409 g/mol. The molecule has 0 saturated carbocycles. The van der Waals surface area contributed by atoms with Crippen molar-refractivity contribution in [3.8, 4) is 0 Å². The number of halogens is 2. The van der Waals surface area contributed by atoms with Crippen molar-refractivity contribution in [1.29, 1.82) is 0 Å². The number of aryl methyl sites for hydroxylation is 1. The zero-order valence-electron chi connectivity index (χ0n) is 14.9. The second kappa shape index (κ2) is 8.82. The van der Waals surface area contributed by atoms with Gasteiger partial charge in [-0.05, 0) is 50.8 Å². The number of benzene rings is 2. The van der Waals surface area contributed by atoms with E-state index >= 15 is 0 Å². The Hall–Kier alpha value is -1.66. The summed E-state index contributed by atoms with van der Waals surface area (Å²) in [5.74, 6) is -0.0231. The molecule has 0 N–H and O–H groups in total. The summed E-state index contributed by atoms with van der Waals surface area (Å²) in [6.45, 7) is 3.29. The Labute approximate surface area is 168 Å². The van der Waals surface area contributed by atoms with Gasteiger partial charge in [-0.2, -0.15) is 0 Å². The molecule has 3 rings (SSSR count). The largest absolute Gasteiger partial charge is 0.308 e. The van der Waals surface area contributed by atoms with Gasteiger partial charge in [-0.3, -0.25) is 9.69 Å². The highest BCUT2D eigenvalue weighted by molar-refractivity contribution is 7.22. The summed E-state index contributed by atoms with van der Waals surface area (Å²) in [6.07, 6.45) is 0. The lowest BCUT2D eigenvalue weighted by Gasteiger charge is -2.22. The topological polar surface area (TPSA) is 36.4 Å². The highest BCUT2D eigenvalue weighted by Gasteiger charge is 2.22. The van der Waals surface area contributed by atoms with Gasteiger partial charge in [0.25, 0.3) is 5.91 Å². The van der Waals surface area contributed by atoms with Crippen molar-refractivity contribution in [1.82, 2.24) is 9.88 Å². The van der Waals surface area contributed by atoms with Gasteiger partial charge in [0, 0.05) is 23.7 Å². The van der Waals surface area contributed by atoms with E-state index in [9.17, 15) is 4.79 Å². The number of amides is 1. The smallest absolute Gasteiger partial charge is 0.260 e. The molecule has 2 aromatic carbocycles. The Bertz CT molecular complexity index is 911. The number of likely N-dealkylation sites (N-methyl/N-ethyl adjacent to an activating group) is 1. The number of rotatable bonds is 5. The number of fused-ring (bicyclic) bond motifs is 1. The molecule has 0 aliphatic rings. The molecule has 0 fully saturated rings. The Balaban J connectivity index is 0.00000243. The Morgan fingerprint density at radius 1 is 1.15 bits per heavy atom. The van der Waals surface area contributed by atoms with Crippen molar-refractivity contribution >= 4 is 56.6 Å². The van der Waals surface area contributed by atoms with Gasteiger partial charge in [-0.25, -0.2) is 4.98 Å². The van der Waals surface area contributed by atoms with Gasteiger partial charge in [-0.15, -0.1) is 12.4 Å². The summed E-state index contributed by atoms with van der Waals surface area (Å²) in [7, 11) is 3.99. The predicted octanol–water partition coefficient (Wildman–Crippen LogP) is 4.89. The lowest BCUT2D eigenvalue weighted by Crippen LogP contribution is -2.37. The van der Waals surface area contributed by atoms with E-state index in [2.05, 4.69) is 9.88 Å². The molecule has 0 radical (unpaired) electrons. The molecule has 0 unspecified atom stereocenters. The van der Waals surface area contributed by atoms with Crippen molar-refractivity contribution in [2.75, 3.05) is 32.1 Å². The van der Waals surface area contributed by atoms with E-state index in [4.69, 9.17) is 11.6 Å². The number of aromatic nitrogens is 1. The van der Waals surface area contributed by atoms with Crippen molar-refractivity contribution in [3.05, 3.63) is 58.6 Å². The first kappa shape index (κ1) is 20.6. The van der Waals surface area contributed by atoms with Gasteiger partial charge < -0.3 is 4.90 Å². The van der Waals surface area contributed by atoms with Crippen LogP contribution in [0.1, 0.15) is 15.9 Å². The van der Waals surface area contributed by atoms with Crippen LogP contribution in [0.4, 0.5) is 5.13 Å². The van der Waals surface area contributed by atoms with Crippen LogP contribution in [0.5, 0.6) is 0 Å². The van der Waals surface area contributed by atoms with Crippen molar-refractivity contribution < 1.29 is 4.79 Å². The molecule has 26 heavy (non-hydrogen) atoms. The van der Waals surface area contributed by atoms with Gasteiger partial charge in [0.05, 0.1) is 10.2 Å². The molecule has 0 atom stereocenters. The zero-order chi connectivity index (χ0) is 18.0. The van der Waals surface area contributed by atoms with Gasteiger partial charge in [-0.1, -0.05) is 41.1 Å². The number of thiazole rings is 1. The van der Waals surface area contributed by atoms with E-state index in [1.165, 1.54) is 11.3 Å². The molecule has 0 spiro atoms. The highest BCUT2D eigenvalue weighted by Crippen LogP contribution is 2.31. The van der Waals surface area contributed by atoms with Crippen molar-refractivity contribution in [2.24, 2.45) is 0 Å². The zero-order valence-corrected chi connectivity index (χ0v) is 17.3. The van der Waals surface area contributed by atoms with Crippen LogP contribution in [-0.4, -0.2) is 43.0 Å². The van der Waals surface area contributed by atoms with Crippen LogP contribution in [0.3, 0.4) is 0 Å². The predicted molar refractivity (Wildman–Crippen MR) is 113 cm³/mol. The van der Waals surface area contributed by atoms with E-state index in [1.807, 2.05) is 63.5 Å². The maximum Gasteiger partial charge on any atom is 0.260 e. The summed E-state index contributed by atoms with van der Waals surface area (Å²) in [4.78, 5) is 21.6. The van der Waals surface area contributed by atoms with Gasteiger partial charge in [0.15, 0.2) is 5.13 Å². The molecule has 0 saturated heterocycles. The number of carbonyl (C=O) groups is 1. The third-order valence-corrected chi connectivity index (χ3v) is 5.24. The van der Waals surface area contributed by atoms with Crippen LogP contribution in [0, 0.1) is 6.92 Å². The van der Waals surface area contributed by atoms with Gasteiger partial charge in [0.1, 0.15) is 0 Å². The highest BCUT2D eigenvalue weighted by atomic mass is 35.5. The lowest BCUT2D eigenvalue weighted by molar-refractivity contribution is 0.0984. The quantitative estimate of drug-likeness (QED) is 0.601. The van der Waals surface area contributed by atoms with Crippen LogP contribution in [0.2, 0.25) is 5.02 Å². The SMILES string of the molecule is Cc1ccccc1C(=O)N(CCN(C)C)c1nc2ccc(Cl)cc2s1.Cl. The Kier molecular flexibility index (Phi) is 7.01. The molecular formula is C19H21Cl2N3OS. The first-order valence-electron chi connectivity index (χ1n) is 8.04. The maximum absolute atomic E-state index is 13.2. The van der Waals surface area contributed by atoms with E-state index < -0.39 is 0 Å². The average molecular weight is 410 g/mol. The first-order valence-corrected chi connectivity index (χ1v) is 9.23. The second-order valence-electron chi connectivity index (χ2n) is 6.18. The minimum atomic E-state index is -0.0231. The molecule has 0 aliphatic heterocycles. The molecule has 7 heteroatoms. The summed E-state index contributed by atoms with van der Waals surface area (Å²) >= 11 is 7.57. The summed E-state index contributed by atoms with van der Waals surface area (Å²) < 4.78 is 0.981. The van der Waals surface area contributed by atoms with E-state index in [-0.39, 0.29) is 18.3 Å². The third kappa shape index (κ3) is 4.54. The average Bonchev–Trinajstić information content (AvgIpc) is 2.97. The number of anilines is 1. The standard InChI is InChI=1S/C19H20ClN3OS.ClH/c1-13-6-4-5-7-15(13)18(24)23(11-10-22(2)3)19-21-16-9-8-14(20)12-17(16)25-19;/h4-9,12H,10-11H2,1-3H3;1H. The molecule has 0 bridgehead atoms. The van der Waals surface area contributed by atoms with Crippen molar-refractivity contribution in [3.63, 3.8) is 0 Å². The minimum Gasteiger partial charge on any atom is -0.308 e. The molecule has 1 aromatic heterocycles. The molecule has 4 nitrogen and oxygen atoms in total. The molecule has 1 amide bonds. The van der Waals surface area contributed by atoms with Crippen LogP contribution >= 0.6 is 35.3 Å². The van der Waals surface area contributed by atoms with E-state index in [0.29, 0.717) is 22.3 Å². The molecule has 138 valence electrons. The summed E-state index contributed by atoms with van der Waals surface area (Å²) in [6, 6.07) is 13.2. The normalized spacial score (nSPS) is 10.8. The second-order valence-corrected chi connectivity index (χ2v) is 7.63. The fourth-order valence-electron chi connectivity index (χ4n) is 2.54. The van der Waals surface area contributed by atoms with Crippen molar-refractivity contribution in [2.45, 2.75) is 6.92 Å². The van der Waals surface area contributed by atoms with E-state index in [1.54, 1.807) is 4.90 Å². The van der Waals surface area contributed by atoms with Crippen LogP contribution in [-0.2, 0) is 0 Å².